The zero-order valence-electron chi connectivity index (χ0n) is 9.91. The third kappa shape index (κ3) is 4.11. The molecule has 0 atom stereocenters. The highest BCUT2D eigenvalue weighted by Crippen LogP contribution is 2.11. The summed E-state index contributed by atoms with van der Waals surface area (Å²) in [4.78, 5) is 15.8. The van der Waals surface area contributed by atoms with Crippen LogP contribution in [-0.4, -0.2) is 17.3 Å². The molecule has 0 fully saturated rings. The van der Waals surface area contributed by atoms with Gasteiger partial charge < -0.3 is 5.73 Å². The fraction of sp³-hybridized carbons (Fsp3) is 0.538. The van der Waals surface area contributed by atoms with Gasteiger partial charge in [-0.3, -0.25) is 9.78 Å². The predicted molar refractivity (Wildman–Crippen MR) is 65.4 cm³/mol. The Labute approximate surface area is 97.1 Å². The molecule has 0 aliphatic heterocycles. The van der Waals surface area contributed by atoms with Gasteiger partial charge in [-0.2, -0.15) is 0 Å². The number of hydrogen-bond donors (Lipinski definition) is 1. The van der Waals surface area contributed by atoms with E-state index in [0.29, 0.717) is 6.42 Å². The maximum atomic E-state index is 11.8. The Morgan fingerprint density at radius 2 is 2.06 bits per heavy atom. The van der Waals surface area contributed by atoms with Crippen LogP contribution in [0.2, 0.25) is 0 Å². The zero-order valence-corrected chi connectivity index (χ0v) is 9.91. The number of ketones is 1. The molecule has 2 N–H and O–H groups in total. The van der Waals surface area contributed by atoms with Crippen molar-refractivity contribution in [3.05, 3.63) is 29.6 Å². The summed E-state index contributed by atoms with van der Waals surface area (Å²) in [6, 6.07) is 1.88. The van der Waals surface area contributed by atoms with Gasteiger partial charge in [0, 0.05) is 24.4 Å². The number of carbonyl (C=O) groups excluding carboxylic acids is 1. The van der Waals surface area contributed by atoms with Crippen LogP contribution in [0, 0.1) is 6.92 Å². The van der Waals surface area contributed by atoms with Crippen LogP contribution >= 0.6 is 0 Å². The van der Waals surface area contributed by atoms with Crippen LogP contribution in [0.3, 0.4) is 0 Å². The Hall–Kier alpha value is -1.22. The summed E-state index contributed by atoms with van der Waals surface area (Å²) in [5.74, 6) is 0.207. The molecular formula is C13H20N2O. The molecule has 0 saturated heterocycles. The molecule has 3 heteroatoms. The molecule has 16 heavy (non-hydrogen) atoms. The standard InChI is InChI=1S/C13H20N2O/c1-11-7-9-15-10-12(11)13(16)6-4-2-3-5-8-14/h7,9-10H,2-6,8,14H2,1H3. The topological polar surface area (TPSA) is 56.0 Å². The minimum absolute atomic E-state index is 0.207. The fourth-order valence-corrected chi connectivity index (χ4v) is 1.67. The van der Waals surface area contributed by atoms with Crippen molar-refractivity contribution in [3.8, 4) is 0 Å². The van der Waals surface area contributed by atoms with E-state index >= 15 is 0 Å². The lowest BCUT2D eigenvalue weighted by atomic mass is 10.0. The van der Waals surface area contributed by atoms with Gasteiger partial charge >= 0.3 is 0 Å². The van der Waals surface area contributed by atoms with E-state index < -0.39 is 0 Å². The summed E-state index contributed by atoms with van der Waals surface area (Å²) >= 11 is 0. The van der Waals surface area contributed by atoms with Crippen LogP contribution in [-0.2, 0) is 0 Å². The first-order valence-electron chi connectivity index (χ1n) is 5.89. The molecule has 0 aliphatic rings. The molecule has 1 heterocycles. The molecule has 1 aromatic heterocycles. The summed E-state index contributed by atoms with van der Waals surface area (Å²) in [6.45, 7) is 2.69. The van der Waals surface area contributed by atoms with Crippen LogP contribution in [0.5, 0.6) is 0 Å². The number of unbranched alkanes of at least 4 members (excludes halogenated alkanes) is 3. The van der Waals surface area contributed by atoms with Gasteiger partial charge in [-0.15, -0.1) is 0 Å². The molecule has 0 radical (unpaired) electrons. The lowest BCUT2D eigenvalue weighted by Crippen LogP contribution is -2.02. The van der Waals surface area contributed by atoms with Crippen molar-refractivity contribution < 1.29 is 4.79 Å². The molecular weight excluding hydrogens is 200 g/mol. The quantitative estimate of drug-likeness (QED) is 0.567. The van der Waals surface area contributed by atoms with Crippen molar-refractivity contribution in [1.29, 1.82) is 0 Å². The van der Waals surface area contributed by atoms with Crippen molar-refractivity contribution in [2.45, 2.75) is 39.0 Å². The van der Waals surface area contributed by atoms with Gasteiger partial charge in [-0.05, 0) is 37.9 Å². The van der Waals surface area contributed by atoms with Crippen molar-refractivity contribution in [1.82, 2.24) is 4.98 Å². The molecule has 0 amide bonds. The Bertz CT molecular complexity index is 336. The maximum absolute atomic E-state index is 11.8. The Morgan fingerprint density at radius 3 is 2.75 bits per heavy atom. The van der Waals surface area contributed by atoms with Gasteiger partial charge in [0.15, 0.2) is 5.78 Å². The minimum Gasteiger partial charge on any atom is -0.330 e. The third-order valence-corrected chi connectivity index (χ3v) is 2.70. The molecule has 0 spiro atoms. The van der Waals surface area contributed by atoms with E-state index in [1.807, 2.05) is 13.0 Å². The van der Waals surface area contributed by atoms with Gasteiger partial charge in [0.25, 0.3) is 0 Å². The number of Topliss-reactive ketones (excluding diaryl/α,β-unsaturated/α-hetero) is 1. The highest BCUT2D eigenvalue weighted by atomic mass is 16.1. The van der Waals surface area contributed by atoms with Crippen molar-refractivity contribution >= 4 is 5.78 Å². The number of hydrogen-bond acceptors (Lipinski definition) is 3. The van der Waals surface area contributed by atoms with E-state index in [9.17, 15) is 4.79 Å². The molecule has 3 nitrogen and oxygen atoms in total. The molecule has 0 aromatic carbocycles. The van der Waals surface area contributed by atoms with Crippen LogP contribution in [0.25, 0.3) is 0 Å². The molecule has 1 aromatic rings. The lowest BCUT2D eigenvalue weighted by Gasteiger charge is -2.03. The van der Waals surface area contributed by atoms with E-state index in [4.69, 9.17) is 5.73 Å². The summed E-state index contributed by atoms with van der Waals surface area (Å²) in [6.07, 6.45) is 8.22. The van der Waals surface area contributed by atoms with E-state index in [0.717, 1.165) is 43.4 Å². The Balaban J connectivity index is 2.33. The lowest BCUT2D eigenvalue weighted by molar-refractivity contribution is 0.0978. The molecule has 0 bridgehead atoms. The van der Waals surface area contributed by atoms with Gasteiger partial charge in [-0.25, -0.2) is 0 Å². The van der Waals surface area contributed by atoms with Crippen molar-refractivity contribution in [2.75, 3.05) is 6.54 Å². The van der Waals surface area contributed by atoms with Crippen LogP contribution in [0.4, 0.5) is 0 Å². The zero-order chi connectivity index (χ0) is 11.8. The van der Waals surface area contributed by atoms with Crippen LogP contribution < -0.4 is 5.73 Å². The summed E-state index contributed by atoms with van der Waals surface area (Å²) in [5.41, 5.74) is 7.19. The van der Waals surface area contributed by atoms with E-state index in [1.165, 1.54) is 0 Å². The minimum atomic E-state index is 0.207. The SMILES string of the molecule is Cc1ccncc1C(=O)CCCCCCN. The maximum Gasteiger partial charge on any atom is 0.164 e. The molecule has 1 rings (SSSR count). The second kappa shape index (κ2) is 7.12. The van der Waals surface area contributed by atoms with Crippen LogP contribution in [0.1, 0.15) is 48.0 Å². The highest BCUT2D eigenvalue weighted by molar-refractivity contribution is 5.97. The number of pyridine rings is 1. The predicted octanol–water partition coefficient (Wildman–Crippen LogP) is 2.48. The number of nitrogens with zero attached hydrogens (tertiary/aromatic N) is 1. The number of rotatable bonds is 7. The van der Waals surface area contributed by atoms with E-state index in [2.05, 4.69) is 4.98 Å². The normalized spacial score (nSPS) is 10.4. The van der Waals surface area contributed by atoms with Gasteiger partial charge in [-0.1, -0.05) is 12.8 Å². The second-order valence-electron chi connectivity index (χ2n) is 4.07. The molecule has 0 aliphatic carbocycles. The number of aromatic nitrogens is 1. The second-order valence-corrected chi connectivity index (χ2v) is 4.07. The smallest absolute Gasteiger partial charge is 0.164 e. The van der Waals surface area contributed by atoms with Gasteiger partial charge in [0.1, 0.15) is 0 Å². The Morgan fingerprint density at radius 1 is 1.31 bits per heavy atom. The fourth-order valence-electron chi connectivity index (χ4n) is 1.67. The largest absolute Gasteiger partial charge is 0.330 e. The first kappa shape index (κ1) is 12.8. The number of nitrogens with two attached hydrogens (primary N) is 1. The van der Waals surface area contributed by atoms with Gasteiger partial charge in [0.2, 0.25) is 0 Å². The average molecular weight is 220 g/mol. The van der Waals surface area contributed by atoms with Crippen LogP contribution in [0.15, 0.2) is 18.5 Å². The number of carbonyl (C=O) groups is 1. The Kier molecular flexibility index (Phi) is 5.72. The first-order chi connectivity index (χ1) is 7.75. The summed E-state index contributed by atoms with van der Waals surface area (Å²) < 4.78 is 0. The summed E-state index contributed by atoms with van der Waals surface area (Å²) in [5, 5.41) is 0. The first-order valence-corrected chi connectivity index (χ1v) is 5.89. The van der Waals surface area contributed by atoms with E-state index in [-0.39, 0.29) is 5.78 Å². The third-order valence-electron chi connectivity index (χ3n) is 2.70. The van der Waals surface area contributed by atoms with Crippen molar-refractivity contribution in [2.24, 2.45) is 5.73 Å². The summed E-state index contributed by atoms with van der Waals surface area (Å²) in [7, 11) is 0. The number of aryl methyl sites for hydroxylation is 1. The molecule has 0 unspecified atom stereocenters. The van der Waals surface area contributed by atoms with Gasteiger partial charge in [0.05, 0.1) is 0 Å². The average Bonchev–Trinajstić information content (AvgIpc) is 2.29. The molecule has 0 saturated carbocycles. The highest BCUT2D eigenvalue weighted by Gasteiger charge is 2.07. The van der Waals surface area contributed by atoms with Crippen molar-refractivity contribution in [3.63, 3.8) is 0 Å². The van der Waals surface area contributed by atoms with E-state index in [1.54, 1.807) is 12.4 Å². The molecule has 88 valence electrons. The monoisotopic (exact) mass is 220 g/mol.